The molecule has 3 nitrogen and oxygen atoms in total. The molecule has 2 heterocycles. The summed E-state index contributed by atoms with van der Waals surface area (Å²) in [7, 11) is 0. The second-order valence-corrected chi connectivity index (χ2v) is 8.68. The first-order valence-corrected chi connectivity index (χ1v) is 10.6. The number of nitrogens with zero attached hydrogens (tertiary/aromatic N) is 2. The van der Waals surface area contributed by atoms with Crippen molar-refractivity contribution < 1.29 is 8.78 Å². The quantitative estimate of drug-likeness (QED) is 0.461. The number of hydrogen-bond acceptors (Lipinski definition) is 2. The maximum Gasteiger partial charge on any atom is 0.245 e. The van der Waals surface area contributed by atoms with Crippen molar-refractivity contribution in [3.63, 3.8) is 0 Å². The molecule has 1 aliphatic rings. The number of nitrogens with one attached hydrogen (secondary N) is 1. The van der Waals surface area contributed by atoms with Gasteiger partial charge in [-0.15, -0.1) is 0 Å². The Morgan fingerprint density at radius 3 is 2.80 bits per heavy atom. The highest BCUT2D eigenvalue weighted by atomic mass is 19.3. The van der Waals surface area contributed by atoms with E-state index in [-0.39, 0.29) is 12.5 Å². The van der Waals surface area contributed by atoms with Crippen LogP contribution in [-0.2, 0) is 13.0 Å². The summed E-state index contributed by atoms with van der Waals surface area (Å²) in [6.07, 6.45) is 5.20. The van der Waals surface area contributed by atoms with Crippen molar-refractivity contribution in [3.8, 4) is 0 Å². The first-order chi connectivity index (χ1) is 14.3. The Labute approximate surface area is 176 Å². The van der Waals surface area contributed by atoms with E-state index in [2.05, 4.69) is 64.9 Å². The van der Waals surface area contributed by atoms with Gasteiger partial charge in [-0.05, 0) is 61.8 Å². The van der Waals surface area contributed by atoms with Crippen molar-refractivity contribution in [1.29, 1.82) is 0 Å². The van der Waals surface area contributed by atoms with Gasteiger partial charge in [-0.2, -0.15) is 0 Å². The molecular formula is C25H29F2N3. The van der Waals surface area contributed by atoms with Gasteiger partial charge in [0.2, 0.25) is 5.92 Å². The zero-order valence-corrected chi connectivity index (χ0v) is 17.6. The van der Waals surface area contributed by atoms with E-state index in [0.29, 0.717) is 18.3 Å². The summed E-state index contributed by atoms with van der Waals surface area (Å²) in [5.41, 5.74) is 4.07. The highest BCUT2D eigenvalue weighted by molar-refractivity contribution is 5.79. The summed E-state index contributed by atoms with van der Waals surface area (Å²) in [5.74, 6) is -1.57. The molecule has 158 valence electrons. The average Bonchev–Trinajstić information content (AvgIpc) is 3.38. The number of fused-ring (bicyclic) bond motifs is 1. The number of aryl methyl sites for hydroxylation is 1. The Hall–Kier alpha value is -2.69. The molecule has 1 fully saturated rings. The second kappa shape index (κ2) is 8.21. The Morgan fingerprint density at radius 2 is 2.07 bits per heavy atom. The minimum atomic E-state index is -2.64. The van der Waals surface area contributed by atoms with Crippen LogP contribution in [0.4, 0.5) is 8.78 Å². The normalized spacial score (nSPS) is 19.6. The van der Waals surface area contributed by atoms with Crippen LogP contribution in [0.2, 0.25) is 0 Å². The molecule has 3 atom stereocenters. The molecule has 5 heteroatoms. The topological polar surface area (TPSA) is 29.9 Å². The SMILES string of the molecule is C=C(NC(C)c1ccc(CCC(C)(F)F)cn1)C1CC1Cn1ccc2ccccc21. The third kappa shape index (κ3) is 4.89. The largest absolute Gasteiger partial charge is 0.380 e. The molecule has 0 radical (unpaired) electrons. The summed E-state index contributed by atoms with van der Waals surface area (Å²) in [4.78, 5) is 4.47. The van der Waals surface area contributed by atoms with Crippen molar-refractivity contribution in [2.45, 2.75) is 51.6 Å². The number of alkyl halides is 2. The van der Waals surface area contributed by atoms with Crippen molar-refractivity contribution >= 4 is 10.9 Å². The van der Waals surface area contributed by atoms with E-state index in [1.165, 1.54) is 10.9 Å². The van der Waals surface area contributed by atoms with Crippen LogP contribution >= 0.6 is 0 Å². The van der Waals surface area contributed by atoms with E-state index in [9.17, 15) is 8.78 Å². The fourth-order valence-electron chi connectivity index (χ4n) is 4.09. The van der Waals surface area contributed by atoms with Crippen LogP contribution in [0.25, 0.3) is 10.9 Å². The third-order valence-corrected chi connectivity index (χ3v) is 6.03. The molecule has 30 heavy (non-hydrogen) atoms. The lowest BCUT2D eigenvalue weighted by Gasteiger charge is -2.17. The lowest BCUT2D eigenvalue weighted by atomic mass is 10.1. The standard InChI is InChI=1S/C25H29F2N3/c1-17(22-14-21(22)16-30-13-11-20-6-4-5-7-24(20)30)29-18(2)23-9-8-19(15-28-23)10-12-25(3,26)27/h4-9,11,13,15,18,21-22,29H,1,10,12,14,16H2,2-3H3. The molecular weight excluding hydrogens is 380 g/mol. The predicted octanol–water partition coefficient (Wildman–Crippen LogP) is 6.12. The zero-order valence-electron chi connectivity index (χ0n) is 17.6. The molecule has 2 aromatic heterocycles. The van der Waals surface area contributed by atoms with Crippen LogP contribution < -0.4 is 5.32 Å². The van der Waals surface area contributed by atoms with Crippen LogP contribution in [0.3, 0.4) is 0 Å². The van der Waals surface area contributed by atoms with Crippen molar-refractivity contribution in [3.05, 3.63) is 78.4 Å². The number of halogens is 2. The van der Waals surface area contributed by atoms with Crippen molar-refractivity contribution in [1.82, 2.24) is 14.9 Å². The van der Waals surface area contributed by atoms with Gasteiger partial charge in [-0.25, -0.2) is 8.78 Å². The Morgan fingerprint density at radius 1 is 1.27 bits per heavy atom. The predicted molar refractivity (Wildman–Crippen MR) is 117 cm³/mol. The summed E-state index contributed by atoms with van der Waals surface area (Å²) in [6.45, 7) is 8.28. The minimum Gasteiger partial charge on any atom is -0.380 e. The van der Waals surface area contributed by atoms with Gasteiger partial charge in [0.05, 0.1) is 11.7 Å². The van der Waals surface area contributed by atoms with Gasteiger partial charge < -0.3 is 9.88 Å². The summed E-state index contributed by atoms with van der Waals surface area (Å²) >= 11 is 0. The fraction of sp³-hybridized carbons (Fsp3) is 0.400. The van der Waals surface area contributed by atoms with E-state index in [1.54, 1.807) is 6.20 Å². The van der Waals surface area contributed by atoms with Crippen LogP contribution in [0.5, 0.6) is 0 Å². The van der Waals surface area contributed by atoms with Crippen molar-refractivity contribution in [2.75, 3.05) is 0 Å². The van der Waals surface area contributed by atoms with E-state index in [0.717, 1.165) is 36.8 Å². The lowest BCUT2D eigenvalue weighted by Crippen LogP contribution is -2.20. The first kappa shape index (κ1) is 20.6. The molecule has 1 aliphatic carbocycles. The molecule has 1 saturated carbocycles. The minimum absolute atomic E-state index is 0.0350. The molecule has 0 bridgehead atoms. The van der Waals surface area contributed by atoms with Crippen LogP contribution in [-0.4, -0.2) is 15.5 Å². The van der Waals surface area contributed by atoms with Gasteiger partial charge in [0, 0.05) is 42.5 Å². The molecule has 0 spiro atoms. The zero-order chi connectivity index (χ0) is 21.3. The Balaban J connectivity index is 1.29. The van der Waals surface area contributed by atoms with E-state index >= 15 is 0 Å². The molecule has 1 aromatic carbocycles. The maximum absolute atomic E-state index is 13.0. The smallest absolute Gasteiger partial charge is 0.245 e. The monoisotopic (exact) mass is 409 g/mol. The Kier molecular flexibility index (Phi) is 5.63. The first-order valence-electron chi connectivity index (χ1n) is 10.6. The fourth-order valence-corrected chi connectivity index (χ4v) is 4.09. The summed E-state index contributed by atoms with van der Waals surface area (Å²) in [5, 5.41) is 4.77. The van der Waals surface area contributed by atoms with Gasteiger partial charge in [-0.3, -0.25) is 4.98 Å². The van der Waals surface area contributed by atoms with Crippen LogP contribution in [0.1, 0.15) is 44.0 Å². The molecule has 0 aliphatic heterocycles. The van der Waals surface area contributed by atoms with Gasteiger partial charge in [0.25, 0.3) is 0 Å². The highest BCUT2D eigenvalue weighted by Gasteiger charge is 2.39. The molecule has 0 saturated heterocycles. The Bertz CT molecular complexity index is 1020. The van der Waals surface area contributed by atoms with Gasteiger partial charge in [0.1, 0.15) is 0 Å². The number of rotatable bonds is 9. The number of benzene rings is 1. The number of hydrogen-bond donors (Lipinski definition) is 1. The molecule has 1 N–H and O–H groups in total. The summed E-state index contributed by atoms with van der Waals surface area (Å²) < 4.78 is 28.4. The molecule has 0 amide bonds. The van der Waals surface area contributed by atoms with Crippen LogP contribution in [0.15, 0.2) is 67.1 Å². The number of aromatic nitrogens is 2. The lowest BCUT2D eigenvalue weighted by molar-refractivity contribution is 0.0133. The van der Waals surface area contributed by atoms with Gasteiger partial charge in [0.15, 0.2) is 0 Å². The molecule has 3 unspecified atom stereocenters. The van der Waals surface area contributed by atoms with Crippen molar-refractivity contribution in [2.24, 2.45) is 11.8 Å². The van der Waals surface area contributed by atoms with E-state index in [4.69, 9.17) is 0 Å². The number of para-hydroxylation sites is 1. The van der Waals surface area contributed by atoms with E-state index in [1.807, 2.05) is 12.1 Å². The highest BCUT2D eigenvalue weighted by Crippen LogP contribution is 2.44. The number of allylic oxidation sites excluding steroid dienone is 1. The van der Waals surface area contributed by atoms with Gasteiger partial charge in [-0.1, -0.05) is 30.8 Å². The summed E-state index contributed by atoms with van der Waals surface area (Å²) in [6, 6.07) is 14.5. The van der Waals surface area contributed by atoms with E-state index < -0.39 is 5.92 Å². The average molecular weight is 410 g/mol. The van der Waals surface area contributed by atoms with Crippen LogP contribution in [0, 0.1) is 11.8 Å². The number of pyridine rings is 1. The maximum atomic E-state index is 13.0. The second-order valence-electron chi connectivity index (χ2n) is 8.68. The third-order valence-electron chi connectivity index (χ3n) is 6.03. The molecule has 3 aromatic rings. The van der Waals surface area contributed by atoms with Gasteiger partial charge >= 0.3 is 0 Å². The molecule has 4 rings (SSSR count).